The molecule has 0 saturated heterocycles. The minimum absolute atomic E-state index is 0.323. The van der Waals surface area contributed by atoms with Crippen molar-refractivity contribution in [3.05, 3.63) is 62.2 Å². The van der Waals surface area contributed by atoms with Crippen LogP contribution in [0.4, 0.5) is 0 Å². The van der Waals surface area contributed by atoms with Gasteiger partial charge in [-0.25, -0.2) is 0 Å². The summed E-state index contributed by atoms with van der Waals surface area (Å²) in [5.41, 5.74) is 3.89. The molecule has 7 heteroatoms. The molecule has 3 N–H and O–H groups in total. The molecule has 0 radical (unpaired) electrons. The van der Waals surface area contributed by atoms with E-state index in [-0.39, 0.29) is 6.04 Å². The molecule has 4 rings (SSSR count). The number of carboxylic acids is 1. The normalized spacial score (nSPS) is 19.3. The Balaban J connectivity index is 1.96. The summed E-state index contributed by atoms with van der Waals surface area (Å²) in [6, 6.07) is 10.9. The molecule has 1 aromatic heterocycles. The van der Waals surface area contributed by atoms with Gasteiger partial charge >= 0.3 is 5.97 Å². The number of aliphatic carboxylic acids is 1. The summed E-state index contributed by atoms with van der Waals surface area (Å²) in [5.74, 6) is -0.180. The van der Waals surface area contributed by atoms with Crippen LogP contribution >= 0.6 is 31.9 Å². The summed E-state index contributed by atoms with van der Waals surface area (Å²) in [5, 5.41) is 14.0. The number of methoxy groups -OCH3 is 1. The Morgan fingerprint density at radius 2 is 2.04 bits per heavy atom. The molecule has 2 unspecified atom stereocenters. The summed E-state index contributed by atoms with van der Waals surface area (Å²) in [4.78, 5) is 15.2. The zero-order chi connectivity index (χ0) is 18.4. The highest BCUT2D eigenvalue weighted by atomic mass is 79.9. The highest BCUT2D eigenvalue weighted by Crippen LogP contribution is 2.42. The number of ether oxygens (including phenoxy) is 1. The van der Waals surface area contributed by atoms with Gasteiger partial charge in [-0.3, -0.25) is 10.1 Å². The van der Waals surface area contributed by atoms with Crippen molar-refractivity contribution in [3.63, 3.8) is 0 Å². The van der Waals surface area contributed by atoms with Crippen molar-refractivity contribution < 1.29 is 14.6 Å². The Morgan fingerprint density at radius 1 is 1.27 bits per heavy atom. The number of rotatable bonds is 3. The lowest BCUT2D eigenvalue weighted by Crippen LogP contribution is -2.45. The first-order valence-electron chi connectivity index (χ1n) is 8.11. The molecular formula is C19H16Br2N2O3. The summed E-state index contributed by atoms with van der Waals surface area (Å²) in [6.07, 6.45) is 0.433. The zero-order valence-electron chi connectivity index (χ0n) is 13.8. The van der Waals surface area contributed by atoms with Crippen LogP contribution in [0.5, 0.6) is 5.75 Å². The van der Waals surface area contributed by atoms with Gasteiger partial charge in [-0.2, -0.15) is 0 Å². The minimum Gasteiger partial charge on any atom is -0.495 e. The number of benzene rings is 2. The predicted octanol–water partition coefficient (Wildman–Crippen LogP) is 4.39. The van der Waals surface area contributed by atoms with Gasteiger partial charge in [0.05, 0.1) is 17.6 Å². The molecule has 2 aromatic carbocycles. The Morgan fingerprint density at radius 3 is 2.77 bits per heavy atom. The Kier molecular flexibility index (Phi) is 4.54. The van der Waals surface area contributed by atoms with Gasteiger partial charge in [-0.1, -0.05) is 34.1 Å². The van der Waals surface area contributed by atoms with E-state index in [0.29, 0.717) is 12.2 Å². The summed E-state index contributed by atoms with van der Waals surface area (Å²) in [6.45, 7) is 0. The topological polar surface area (TPSA) is 74.3 Å². The van der Waals surface area contributed by atoms with E-state index in [1.54, 1.807) is 7.11 Å². The Bertz CT molecular complexity index is 1020. The van der Waals surface area contributed by atoms with E-state index in [9.17, 15) is 9.90 Å². The molecule has 3 aromatic rings. The number of carbonyl (C=O) groups is 1. The summed E-state index contributed by atoms with van der Waals surface area (Å²) >= 11 is 7.06. The Hall–Kier alpha value is -1.83. The predicted molar refractivity (Wildman–Crippen MR) is 107 cm³/mol. The molecule has 1 aliphatic heterocycles. The van der Waals surface area contributed by atoms with E-state index in [2.05, 4.69) is 42.2 Å². The fourth-order valence-electron chi connectivity index (χ4n) is 3.65. The van der Waals surface area contributed by atoms with Crippen molar-refractivity contribution >= 4 is 48.7 Å². The number of aromatic amines is 1. The molecule has 0 amide bonds. The number of hydrogen-bond donors (Lipinski definition) is 3. The number of aromatic nitrogens is 1. The summed E-state index contributed by atoms with van der Waals surface area (Å²) in [7, 11) is 1.61. The highest BCUT2D eigenvalue weighted by Gasteiger charge is 2.35. The second-order valence-electron chi connectivity index (χ2n) is 6.27. The molecule has 2 atom stereocenters. The largest absolute Gasteiger partial charge is 0.495 e. The van der Waals surface area contributed by atoms with Gasteiger partial charge in [0.15, 0.2) is 0 Å². The zero-order valence-corrected chi connectivity index (χ0v) is 17.0. The van der Waals surface area contributed by atoms with Crippen molar-refractivity contribution in [2.45, 2.75) is 18.5 Å². The number of nitrogens with one attached hydrogen (secondary N) is 2. The van der Waals surface area contributed by atoms with Crippen molar-refractivity contribution in [2.24, 2.45) is 0 Å². The molecule has 0 aliphatic carbocycles. The van der Waals surface area contributed by atoms with Crippen LogP contribution in [0.3, 0.4) is 0 Å². The average Bonchev–Trinajstić information content (AvgIpc) is 2.99. The van der Waals surface area contributed by atoms with Crippen LogP contribution in [-0.4, -0.2) is 29.2 Å². The fourth-order valence-corrected chi connectivity index (χ4v) is 5.07. The molecule has 0 bridgehead atoms. The maximum atomic E-state index is 11.8. The second kappa shape index (κ2) is 6.72. The van der Waals surface area contributed by atoms with Crippen LogP contribution in [0.1, 0.15) is 22.9 Å². The van der Waals surface area contributed by atoms with Crippen molar-refractivity contribution in [2.75, 3.05) is 7.11 Å². The van der Waals surface area contributed by atoms with Gasteiger partial charge in [-0.15, -0.1) is 0 Å². The van der Waals surface area contributed by atoms with E-state index in [0.717, 1.165) is 36.7 Å². The van der Waals surface area contributed by atoms with Crippen LogP contribution in [0, 0.1) is 0 Å². The number of para-hydroxylation sites is 1. The third kappa shape index (κ3) is 2.84. The van der Waals surface area contributed by atoms with Gasteiger partial charge in [0.2, 0.25) is 0 Å². The molecule has 26 heavy (non-hydrogen) atoms. The maximum Gasteiger partial charge on any atom is 0.321 e. The third-order valence-corrected chi connectivity index (χ3v) is 5.81. The number of fused-ring (bicyclic) bond motifs is 3. The quantitative estimate of drug-likeness (QED) is 0.520. The lowest BCUT2D eigenvalue weighted by Gasteiger charge is -2.30. The maximum absolute atomic E-state index is 11.8. The van der Waals surface area contributed by atoms with E-state index >= 15 is 0 Å². The molecule has 1 aliphatic rings. The number of H-pyrrole nitrogens is 1. The van der Waals surface area contributed by atoms with E-state index in [1.165, 1.54) is 0 Å². The number of hydrogen-bond acceptors (Lipinski definition) is 3. The molecule has 0 spiro atoms. The Labute approximate surface area is 167 Å². The van der Waals surface area contributed by atoms with Crippen LogP contribution in [0.15, 0.2) is 45.3 Å². The van der Waals surface area contributed by atoms with E-state index in [1.807, 2.05) is 36.4 Å². The average molecular weight is 480 g/mol. The second-order valence-corrected chi connectivity index (χ2v) is 8.04. The van der Waals surface area contributed by atoms with Gasteiger partial charge in [0.25, 0.3) is 0 Å². The first-order chi connectivity index (χ1) is 12.5. The monoisotopic (exact) mass is 478 g/mol. The van der Waals surface area contributed by atoms with E-state index in [4.69, 9.17) is 4.74 Å². The molecule has 5 nitrogen and oxygen atoms in total. The number of carboxylic acid groups (broad SMARTS) is 1. The standard InChI is InChI=1S/C19H16Br2N2O3/c1-26-18-12(6-9(20)7-13(18)21)17-16-11(8-15(23-17)19(24)25)10-4-2-3-5-14(10)22-16/h2-7,15,17,22-23H,8H2,1H3,(H,24,25). The van der Waals surface area contributed by atoms with Gasteiger partial charge in [-0.05, 0) is 39.7 Å². The number of halogens is 2. The van der Waals surface area contributed by atoms with Crippen LogP contribution in [0.2, 0.25) is 0 Å². The first-order valence-corrected chi connectivity index (χ1v) is 9.69. The fraction of sp³-hybridized carbons (Fsp3) is 0.211. The van der Waals surface area contributed by atoms with Gasteiger partial charge in [0.1, 0.15) is 11.8 Å². The third-order valence-electron chi connectivity index (χ3n) is 4.76. The lowest BCUT2D eigenvalue weighted by molar-refractivity contribution is -0.139. The smallest absolute Gasteiger partial charge is 0.321 e. The van der Waals surface area contributed by atoms with Crippen LogP contribution in [-0.2, 0) is 11.2 Å². The molecular weight excluding hydrogens is 464 g/mol. The lowest BCUT2D eigenvalue weighted by atomic mass is 9.90. The summed E-state index contributed by atoms with van der Waals surface area (Å²) < 4.78 is 7.29. The van der Waals surface area contributed by atoms with Crippen LogP contribution < -0.4 is 10.1 Å². The highest BCUT2D eigenvalue weighted by molar-refractivity contribution is 9.11. The van der Waals surface area contributed by atoms with Crippen LogP contribution in [0.25, 0.3) is 10.9 Å². The molecule has 0 saturated carbocycles. The molecule has 0 fully saturated rings. The first kappa shape index (κ1) is 17.6. The van der Waals surface area contributed by atoms with Gasteiger partial charge in [0, 0.05) is 33.1 Å². The molecule has 134 valence electrons. The van der Waals surface area contributed by atoms with Gasteiger partial charge < -0.3 is 14.8 Å². The van der Waals surface area contributed by atoms with Crippen molar-refractivity contribution in [3.8, 4) is 5.75 Å². The SMILES string of the molecule is COc1c(Br)cc(Br)cc1C1NC(C(=O)O)Cc2c1[nH]c1ccccc21. The van der Waals surface area contributed by atoms with Crippen molar-refractivity contribution in [1.29, 1.82) is 0 Å². The van der Waals surface area contributed by atoms with E-state index < -0.39 is 12.0 Å². The molecule has 2 heterocycles. The minimum atomic E-state index is -0.862. The van der Waals surface area contributed by atoms with Crippen molar-refractivity contribution in [1.82, 2.24) is 10.3 Å².